The minimum atomic E-state index is -0.963. The molecule has 1 saturated carbocycles. The number of nitriles is 1. The molecule has 1 amide bonds. The Morgan fingerprint density at radius 1 is 1.32 bits per heavy atom. The van der Waals surface area contributed by atoms with Gasteiger partial charge in [0.2, 0.25) is 0 Å². The van der Waals surface area contributed by atoms with Gasteiger partial charge in [-0.3, -0.25) is 4.79 Å². The predicted molar refractivity (Wildman–Crippen MR) is 99.1 cm³/mol. The molecule has 0 radical (unpaired) electrons. The van der Waals surface area contributed by atoms with Crippen molar-refractivity contribution in [3.05, 3.63) is 54.0 Å². The van der Waals surface area contributed by atoms with E-state index < -0.39 is 29.8 Å². The number of nitrogens with zero attached hydrogens (tertiary/aromatic N) is 2. The Balaban J connectivity index is 1.64. The number of ether oxygens (including phenoxy) is 1. The Hall–Kier alpha value is -3.47. The van der Waals surface area contributed by atoms with E-state index in [0.29, 0.717) is 0 Å². The van der Waals surface area contributed by atoms with Gasteiger partial charge in [0.05, 0.1) is 11.8 Å². The van der Waals surface area contributed by atoms with Crippen molar-refractivity contribution in [3.8, 4) is 6.07 Å². The second kappa shape index (κ2) is 8.05. The number of esters is 1. The molecule has 1 unspecified atom stereocenters. The molecule has 2 aromatic rings. The van der Waals surface area contributed by atoms with Crippen LogP contribution in [0.3, 0.4) is 0 Å². The molecule has 1 fully saturated rings. The number of benzene rings is 1. The van der Waals surface area contributed by atoms with E-state index in [4.69, 9.17) is 4.74 Å². The van der Waals surface area contributed by atoms with E-state index in [1.165, 1.54) is 30.5 Å². The molecule has 1 aliphatic carbocycles. The van der Waals surface area contributed by atoms with Gasteiger partial charge in [-0.2, -0.15) is 5.26 Å². The summed E-state index contributed by atoms with van der Waals surface area (Å²) in [5.74, 6) is -1.61. The molecule has 144 valence electrons. The van der Waals surface area contributed by atoms with Crippen molar-refractivity contribution in [1.29, 1.82) is 5.26 Å². The maximum atomic E-state index is 13.8. The predicted octanol–water partition coefficient (Wildman–Crippen LogP) is 2.93. The monoisotopic (exact) mass is 382 g/mol. The van der Waals surface area contributed by atoms with Gasteiger partial charge in [0.25, 0.3) is 5.91 Å². The van der Waals surface area contributed by atoms with Gasteiger partial charge >= 0.3 is 5.97 Å². The normalized spacial score (nSPS) is 15.0. The van der Waals surface area contributed by atoms with Crippen molar-refractivity contribution in [3.63, 3.8) is 0 Å². The van der Waals surface area contributed by atoms with Crippen LogP contribution in [0.25, 0.3) is 0 Å². The van der Waals surface area contributed by atoms with E-state index >= 15 is 0 Å². The summed E-state index contributed by atoms with van der Waals surface area (Å²) >= 11 is 0. The minimum Gasteiger partial charge on any atom is -0.452 e. The molecule has 1 aromatic heterocycles. The van der Waals surface area contributed by atoms with E-state index in [1.807, 2.05) is 0 Å². The van der Waals surface area contributed by atoms with Crippen molar-refractivity contribution >= 4 is 23.4 Å². The lowest BCUT2D eigenvalue weighted by Gasteiger charge is -2.22. The summed E-state index contributed by atoms with van der Waals surface area (Å²) < 4.78 is 18.9. The van der Waals surface area contributed by atoms with Gasteiger partial charge < -0.3 is 15.4 Å². The number of aromatic nitrogens is 1. The summed E-state index contributed by atoms with van der Waals surface area (Å²) in [5, 5.41) is 14.6. The highest BCUT2D eigenvalue weighted by Gasteiger charge is 2.43. The minimum absolute atomic E-state index is 0.0591. The molecule has 7 nitrogen and oxygen atoms in total. The van der Waals surface area contributed by atoms with Crippen LogP contribution < -0.4 is 10.6 Å². The van der Waals surface area contributed by atoms with Crippen LogP contribution in [0, 0.1) is 23.1 Å². The number of carbonyl (C=O) groups excluding carboxylic acids is 2. The molecule has 1 aliphatic rings. The molecule has 0 saturated heterocycles. The summed E-state index contributed by atoms with van der Waals surface area (Å²) in [6.45, 7) is 1.12. The number of para-hydroxylation sites is 1. The molecule has 1 aromatic carbocycles. The number of rotatable bonds is 7. The van der Waals surface area contributed by atoms with Crippen molar-refractivity contribution in [1.82, 2.24) is 10.3 Å². The van der Waals surface area contributed by atoms with E-state index in [2.05, 4.69) is 21.7 Å². The van der Waals surface area contributed by atoms with E-state index in [0.717, 1.165) is 12.8 Å². The first-order valence-electron chi connectivity index (χ1n) is 8.79. The van der Waals surface area contributed by atoms with Gasteiger partial charge in [-0.1, -0.05) is 12.1 Å². The zero-order chi connectivity index (χ0) is 20.1. The quantitative estimate of drug-likeness (QED) is 0.714. The molecule has 0 bridgehead atoms. The third-order valence-electron chi connectivity index (χ3n) is 4.51. The fraction of sp³-hybridized carbons (Fsp3) is 0.300. The average molecular weight is 382 g/mol. The van der Waals surface area contributed by atoms with Gasteiger partial charge in [0.1, 0.15) is 22.7 Å². The maximum absolute atomic E-state index is 13.8. The Kier molecular flexibility index (Phi) is 5.54. The summed E-state index contributed by atoms with van der Waals surface area (Å²) in [6.07, 6.45) is 3.20. The highest BCUT2D eigenvalue weighted by molar-refractivity contribution is 5.96. The Morgan fingerprint density at radius 2 is 2.07 bits per heavy atom. The largest absolute Gasteiger partial charge is 0.452 e. The van der Waals surface area contributed by atoms with Gasteiger partial charge in [0.15, 0.2) is 6.61 Å². The SMILES string of the molecule is CC(C#N)(NC(=O)COC(=O)c1cccnc1Nc1ccccc1F)C1CC1. The fourth-order valence-electron chi connectivity index (χ4n) is 2.78. The second-order valence-corrected chi connectivity index (χ2v) is 6.72. The maximum Gasteiger partial charge on any atom is 0.342 e. The van der Waals surface area contributed by atoms with Crippen LogP contribution in [0.5, 0.6) is 0 Å². The van der Waals surface area contributed by atoms with Crippen LogP contribution in [-0.2, 0) is 9.53 Å². The third kappa shape index (κ3) is 4.43. The van der Waals surface area contributed by atoms with Crippen molar-refractivity contribution < 1.29 is 18.7 Å². The Labute approximate surface area is 161 Å². The first-order chi connectivity index (χ1) is 13.4. The zero-order valence-electron chi connectivity index (χ0n) is 15.2. The number of carbonyl (C=O) groups is 2. The highest BCUT2D eigenvalue weighted by atomic mass is 19.1. The first kappa shape index (κ1) is 19.3. The van der Waals surface area contributed by atoms with Gasteiger partial charge in [-0.15, -0.1) is 0 Å². The first-order valence-corrected chi connectivity index (χ1v) is 8.79. The van der Waals surface area contributed by atoms with Crippen LogP contribution >= 0.6 is 0 Å². The van der Waals surface area contributed by atoms with Crippen LogP contribution in [0.4, 0.5) is 15.9 Å². The Morgan fingerprint density at radius 3 is 2.75 bits per heavy atom. The fourth-order valence-corrected chi connectivity index (χ4v) is 2.78. The van der Waals surface area contributed by atoms with Crippen LogP contribution in [0.2, 0.25) is 0 Å². The van der Waals surface area contributed by atoms with E-state index in [9.17, 15) is 19.2 Å². The van der Waals surface area contributed by atoms with Crippen LogP contribution in [-0.4, -0.2) is 29.0 Å². The second-order valence-electron chi connectivity index (χ2n) is 6.72. The number of amides is 1. The number of hydrogen-bond acceptors (Lipinski definition) is 6. The van der Waals surface area contributed by atoms with Crippen molar-refractivity contribution in [2.45, 2.75) is 25.3 Å². The number of halogens is 1. The van der Waals surface area contributed by atoms with Crippen LogP contribution in [0.1, 0.15) is 30.1 Å². The average Bonchev–Trinajstić information content (AvgIpc) is 3.54. The third-order valence-corrected chi connectivity index (χ3v) is 4.51. The molecule has 1 heterocycles. The topological polar surface area (TPSA) is 104 Å². The van der Waals surface area contributed by atoms with Crippen molar-refractivity contribution in [2.24, 2.45) is 5.92 Å². The molecule has 0 aliphatic heterocycles. The Bertz CT molecular complexity index is 939. The smallest absolute Gasteiger partial charge is 0.342 e. The zero-order valence-corrected chi connectivity index (χ0v) is 15.2. The van der Waals surface area contributed by atoms with Gasteiger partial charge in [-0.05, 0) is 49.9 Å². The molecular formula is C20H19FN4O3. The highest BCUT2D eigenvalue weighted by Crippen LogP contribution is 2.39. The molecular weight excluding hydrogens is 363 g/mol. The van der Waals surface area contributed by atoms with Gasteiger partial charge in [-0.25, -0.2) is 14.2 Å². The van der Waals surface area contributed by atoms with E-state index in [-0.39, 0.29) is 23.0 Å². The lowest BCUT2D eigenvalue weighted by molar-refractivity contribution is -0.125. The number of hydrogen-bond donors (Lipinski definition) is 2. The van der Waals surface area contributed by atoms with Gasteiger partial charge in [0, 0.05) is 6.20 Å². The summed E-state index contributed by atoms with van der Waals surface area (Å²) in [6, 6.07) is 11.1. The number of anilines is 2. The van der Waals surface area contributed by atoms with Crippen LogP contribution in [0.15, 0.2) is 42.6 Å². The standard InChI is InChI=1S/C20H19FN4O3/c1-20(12-22,13-8-9-13)25-17(26)11-28-19(27)14-5-4-10-23-18(14)24-16-7-3-2-6-15(16)21/h2-7,10,13H,8-9,11H2,1H3,(H,23,24)(H,25,26). The summed E-state index contributed by atoms with van der Waals surface area (Å²) in [4.78, 5) is 28.5. The molecule has 2 N–H and O–H groups in total. The molecule has 3 rings (SSSR count). The molecule has 8 heteroatoms. The number of nitrogens with one attached hydrogen (secondary N) is 2. The van der Waals surface area contributed by atoms with Crippen molar-refractivity contribution in [2.75, 3.05) is 11.9 Å². The van der Waals surface area contributed by atoms with E-state index in [1.54, 1.807) is 19.1 Å². The lowest BCUT2D eigenvalue weighted by Crippen LogP contribution is -2.48. The summed E-state index contributed by atoms with van der Waals surface area (Å²) in [7, 11) is 0. The lowest BCUT2D eigenvalue weighted by atomic mass is 9.98. The molecule has 1 atom stereocenters. The molecule has 0 spiro atoms. The molecule has 28 heavy (non-hydrogen) atoms. The number of pyridine rings is 1. The summed E-state index contributed by atoms with van der Waals surface area (Å²) in [5.41, 5.74) is -0.749.